The van der Waals surface area contributed by atoms with E-state index in [4.69, 9.17) is 0 Å². The molecule has 0 N–H and O–H groups in total. The maximum absolute atomic E-state index is 11.6. The van der Waals surface area contributed by atoms with Crippen LogP contribution < -0.4 is 4.90 Å². The predicted molar refractivity (Wildman–Crippen MR) is 88.0 cm³/mol. The summed E-state index contributed by atoms with van der Waals surface area (Å²) in [6.07, 6.45) is 3.36. The van der Waals surface area contributed by atoms with Crippen LogP contribution in [0.4, 0.5) is 5.95 Å². The number of anilines is 1. The minimum Gasteiger partial charge on any atom is -0.333 e. The van der Waals surface area contributed by atoms with Crippen molar-refractivity contribution in [1.82, 2.24) is 20.2 Å². The second-order valence-corrected chi connectivity index (χ2v) is 8.39. The van der Waals surface area contributed by atoms with Crippen LogP contribution in [0.5, 0.6) is 0 Å². The SMILES string of the molecule is CC(CS(C)(=O)=O)N(c1nnnn1Cc1ccccc1)C1CC1. The lowest BCUT2D eigenvalue weighted by molar-refractivity contribution is 0.573. The van der Waals surface area contributed by atoms with Gasteiger partial charge in [0.1, 0.15) is 9.84 Å². The van der Waals surface area contributed by atoms with Crippen molar-refractivity contribution in [3.05, 3.63) is 35.9 Å². The number of hydrogen-bond donors (Lipinski definition) is 0. The van der Waals surface area contributed by atoms with Gasteiger partial charge in [0, 0.05) is 18.3 Å². The molecule has 124 valence electrons. The monoisotopic (exact) mass is 335 g/mol. The first-order valence-electron chi connectivity index (χ1n) is 7.70. The molecule has 7 nitrogen and oxygen atoms in total. The number of nitrogens with zero attached hydrogens (tertiary/aromatic N) is 5. The largest absolute Gasteiger partial charge is 0.333 e. The number of benzene rings is 1. The van der Waals surface area contributed by atoms with E-state index in [1.54, 1.807) is 4.68 Å². The molecule has 2 aromatic rings. The zero-order valence-electron chi connectivity index (χ0n) is 13.3. The van der Waals surface area contributed by atoms with Crippen LogP contribution in [0.1, 0.15) is 25.3 Å². The van der Waals surface area contributed by atoms with E-state index in [-0.39, 0.29) is 11.8 Å². The Morgan fingerprint density at radius 1 is 1.30 bits per heavy atom. The fraction of sp³-hybridized carbons (Fsp3) is 0.533. The summed E-state index contributed by atoms with van der Waals surface area (Å²) < 4.78 is 25.0. The smallest absolute Gasteiger partial charge is 0.246 e. The highest BCUT2D eigenvalue weighted by atomic mass is 32.2. The van der Waals surface area contributed by atoms with Gasteiger partial charge in [-0.25, -0.2) is 13.1 Å². The maximum atomic E-state index is 11.6. The summed E-state index contributed by atoms with van der Waals surface area (Å²) in [4.78, 5) is 2.06. The van der Waals surface area contributed by atoms with Gasteiger partial charge < -0.3 is 4.90 Å². The molecule has 1 unspecified atom stereocenters. The summed E-state index contributed by atoms with van der Waals surface area (Å²) in [6.45, 7) is 2.49. The third-order valence-corrected chi connectivity index (χ3v) is 4.97. The Bertz CT molecular complexity index is 755. The Morgan fingerprint density at radius 2 is 2.00 bits per heavy atom. The second-order valence-electron chi connectivity index (χ2n) is 6.20. The Balaban J connectivity index is 1.85. The van der Waals surface area contributed by atoms with Crippen LogP contribution in [0.2, 0.25) is 0 Å². The second kappa shape index (κ2) is 6.27. The molecule has 0 bridgehead atoms. The molecular weight excluding hydrogens is 314 g/mol. The summed E-state index contributed by atoms with van der Waals surface area (Å²) in [5, 5.41) is 12.0. The highest BCUT2D eigenvalue weighted by Crippen LogP contribution is 2.32. The van der Waals surface area contributed by atoms with Crippen molar-refractivity contribution in [2.45, 2.75) is 38.4 Å². The molecule has 1 aliphatic carbocycles. The Hall–Kier alpha value is -1.96. The fourth-order valence-electron chi connectivity index (χ4n) is 2.83. The molecule has 8 heteroatoms. The number of sulfone groups is 1. The molecule has 1 atom stereocenters. The van der Waals surface area contributed by atoms with E-state index in [0.29, 0.717) is 18.5 Å². The Morgan fingerprint density at radius 3 is 2.61 bits per heavy atom. The fourth-order valence-corrected chi connectivity index (χ4v) is 3.87. The average molecular weight is 335 g/mol. The zero-order chi connectivity index (χ0) is 16.4. The molecular formula is C15H21N5O2S. The van der Waals surface area contributed by atoms with Gasteiger partial charge in [0.15, 0.2) is 0 Å². The highest BCUT2D eigenvalue weighted by molar-refractivity contribution is 7.90. The van der Waals surface area contributed by atoms with E-state index in [1.807, 2.05) is 37.3 Å². The molecule has 1 saturated carbocycles. The lowest BCUT2D eigenvalue weighted by Gasteiger charge is -2.29. The van der Waals surface area contributed by atoms with E-state index in [2.05, 4.69) is 20.4 Å². The minimum absolute atomic E-state index is 0.0989. The van der Waals surface area contributed by atoms with Gasteiger partial charge in [-0.2, -0.15) is 0 Å². The molecule has 0 spiro atoms. The first-order valence-corrected chi connectivity index (χ1v) is 9.76. The maximum Gasteiger partial charge on any atom is 0.246 e. The van der Waals surface area contributed by atoms with E-state index in [1.165, 1.54) is 6.26 Å². The summed E-state index contributed by atoms with van der Waals surface area (Å²) in [7, 11) is -3.06. The Labute approximate surface area is 136 Å². The van der Waals surface area contributed by atoms with Crippen LogP contribution in [-0.2, 0) is 16.4 Å². The standard InChI is InChI=1S/C15H21N5O2S/c1-12(11-23(2,21)22)20(14-8-9-14)15-16-17-18-19(15)10-13-6-4-3-5-7-13/h3-7,12,14H,8-11H2,1-2H3. The quantitative estimate of drug-likeness (QED) is 0.754. The molecule has 0 saturated heterocycles. The van der Waals surface area contributed by atoms with Gasteiger partial charge in [0.2, 0.25) is 5.95 Å². The third kappa shape index (κ3) is 4.07. The van der Waals surface area contributed by atoms with Gasteiger partial charge in [-0.15, -0.1) is 0 Å². The van der Waals surface area contributed by atoms with Crippen molar-refractivity contribution >= 4 is 15.8 Å². The zero-order valence-corrected chi connectivity index (χ0v) is 14.1. The first-order chi connectivity index (χ1) is 10.9. The van der Waals surface area contributed by atoms with Gasteiger partial charge in [-0.05, 0) is 35.8 Å². The van der Waals surface area contributed by atoms with E-state index in [0.717, 1.165) is 18.4 Å². The molecule has 1 aromatic heterocycles. The summed E-state index contributed by atoms with van der Waals surface area (Å²) in [5.41, 5.74) is 1.10. The molecule has 0 aliphatic heterocycles. The number of rotatable bonds is 7. The van der Waals surface area contributed by atoms with Crippen molar-refractivity contribution in [2.24, 2.45) is 0 Å². The van der Waals surface area contributed by atoms with Gasteiger partial charge in [0.25, 0.3) is 0 Å². The van der Waals surface area contributed by atoms with Crippen LogP contribution in [0.25, 0.3) is 0 Å². The number of hydrogen-bond acceptors (Lipinski definition) is 6. The molecule has 3 rings (SSSR count). The average Bonchev–Trinajstić information content (AvgIpc) is 3.20. The van der Waals surface area contributed by atoms with E-state index < -0.39 is 9.84 Å². The van der Waals surface area contributed by atoms with Gasteiger partial charge in [-0.3, -0.25) is 0 Å². The minimum atomic E-state index is -3.06. The van der Waals surface area contributed by atoms with Crippen molar-refractivity contribution in [2.75, 3.05) is 16.9 Å². The number of tetrazole rings is 1. The van der Waals surface area contributed by atoms with Crippen LogP contribution >= 0.6 is 0 Å². The van der Waals surface area contributed by atoms with Gasteiger partial charge >= 0.3 is 0 Å². The van der Waals surface area contributed by atoms with Gasteiger partial charge in [-0.1, -0.05) is 35.4 Å². The highest BCUT2D eigenvalue weighted by Gasteiger charge is 2.36. The molecule has 23 heavy (non-hydrogen) atoms. The summed E-state index contributed by atoms with van der Waals surface area (Å²) >= 11 is 0. The van der Waals surface area contributed by atoms with E-state index >= 15 is 0 Å². The van der Waals surface area contributed by atoms with Crippen LogP contribution in [0, 0.1) is 0 Å². The lowest BCUT2D eigenvalue weighted by Crippen LogP contribution is -2.41. The molecule has 1 fully saturated rings. The van der Waals surface area contributed by atoms with E-state index in [9.17, 15) is 8.42 Å². The van der Waals surface area contributed by atoms with Crippen molar-refractivity contribution in [3.63, 3.8) is 0 Å². The van der Waals surface area contributed by atoms with Crippen molar-refractivity contribution in [1.29, 1.82) is 0 Å². The van der Waals surface area contributed by atoms with Crippen LogP contribution in [-0.4, -0.2) is 52.7 Å². The molecule has 1 aromatic carbocycles. The first kappa shape index (κ1) is 15.9. The third-order valence-electron chi connectivity index (χ3n) is 3.88. The Kier molecular flexibility index (Phi) is 4.34. The molecule has 1 aliphatic rings. The lowest BCUT2D eigenvalue weighted by atomic mass is 10.2. The molecule has 1 heterocycles. The molecule has 0 radical (unpaired) electrons. The number of aromatic nitrogens is 4. The summed E-state index contributed by atoms with van der Waals surface area (Å²) in [5.74, 6) is 0.745. The normalized spacial score (nSPS) is 16.3. The topological polar surface area (TPSA) is 81.0 Å². The van der Waals surface area contributed by atoms with Gasteiger partial charge in [0.05, 0.1) is 12.3 Å². The van der Waals surface area contributed by atoms with Crippen molar-refractivity contribution < 1.29 is 8.42 Å². The molecule has 0 amide bonds. The predicted octanol–water partition coefficient (Wildman–Crippen LogP) is 1.12. The van der Waals surface area contributed by atoms with Crippen LogP contribution in [0.15, 0.2) is 30.3 Å². The summed E-state index contributed by atoms with van der Waals surface area (Å²) in [6, 6.07) is 10.1. The van der Waals surface area contributed by atoms with Crippen LogP contribution in [0.3, 0.4) is 0 Å². The van der Waals surface area contributed by atoms with Crippen molar-refractivity contribution in [3.8, 4) is 0 Å².